The third kappa shape index (κ3) is 4.71. The van der Waals surface area contributed by atoms with Crippen molar-refractivity contribution in [2.45, 2.75) is 57.4 Å². The van der Waals surface area contributed by atoms with Gasteiger partial charge >= 0.3 is 0 Å². The average Bonchev–Trinajstić information content (AvgIpc) is 3.28. The van der Waals surface area contributed by atoms with Gasteiger partial charge in [0.15, 0.2) is 0 Å². The van der Waals surface area contributed by atoms with Crippen molar-refractivity contribution < 1.29 is 4.79 Å². The fourth-order valence-corrected chi connectivity index (χ4v) is 3.61. The van der Waals surface area contributed by atoms with Gasteiger partial charge in [0.05, 0.1) is 0 Å². The molecule has 2 N–H and O–H groups in total. The number of aryl methyl sites for hydroxylation is 2. The Bertz CT molecular complexity index is 517. The van der Waals surface area contributed by atoms with Crippen LogP contribution in [-0.4, -0.2) is 29.4 Å². The van der Waals surface area contributed by atoms with Crippen molar-refractivity contribution in [3.8, 4) is 0 Å². The van der Waals surface area contributed by atoms with Gasteiger partial charge in [-0.15, -0.1) is 12.4 Å². The molecule has 1 aromatic carbocycles. The first-order chi connectivity index (χ1) is 10.6. The normalized spacial score (nSPS) is 20.0. The van der Waals surface area contributed by atoms with Gasteiger partial charge in [0.25, 0.3) is 0 Å². The number of hydrogen-bond acceptors (Lipinski definition) is 2. The third-order valence-electron chi connectivity index (χ3n) is 5.46. The SMILES string of the molecule is Cc1ccc(CCCC(=O)N2CCC(C3(N)CC3)CC2)cc1.Cl. The minimum absolute atomic E-state index is 0. The standard InChI is InChI=1S/C19H28N2O.ClH/c1-15-5-7-16(8-6-15)3-2-4-18(22)21-13-9-17(10-14-21)19(20)11-12-19;/h5-8,17H,2-4,9-14,20H2,1H3;1H. The number of nitrogens with two attached hydrogens (primary N) is 1. The molecule has 1 aromatic rings. The number of hydrogen-bond donors (Lipinski definition) is 1. The van der Waals surface area contributed by atoms with Crippen LogP contribution in [0.2, 0.25) is 0 Å². The van der Waals surface area contributed by atoms with E-state index in [0.29, 0.717) is 18.2 Å². The summed E-state index contributed by atoms with van der Waals surface area (Å²) in [4.78, 5) is 14.4. The number of carbonyl (C=O) groups excluding carboxylic acids is 1. The summed E-state index contributed by atoms with van der Waals surface area (Å²) in [6.07, 6.45) is 7.17. The molecule has 3 rings (SSSR count). The molecule has 4 heteroatoms. The van der Waals surface area contributed by atoms with E-state index >= 15 is 0 Å². The molecule has 0 atom stereocenters. The Kier molecular flexibility index (Phi) is 6.10. The van der Waals surface area contributed by atoms with Crippen molar-refractivity contribution in [2.24, 2.45) is 11.7 Å². The van der Waals surface area contributed by atoms with Gasteiger partial charge < -0.3 is 10.6 Å². The predicted molar refractivity (Wildman–Crippen MR) is 96.8 cm³/mol. The van der Waals surface area contributed by atoms with Gasteiger partial charge in [0, 0.05) is 25.0 Å². The van der Waals surface area contributed by atoms with E-state index in [0.717, 1.165) is 38.8 Å². The van der Waals surface area contributed by atoms with E-state index < -0.39 is 0 Å². The molecule has 0 unspecified atom stereocenters. The largest absolute Gasteiger partial charge is 0.343 e. The molecule has 1 heterocycles. The molecule has 0 radical (unpaired) electrons. The van der Waals surface area contributed by atoms with Crippen molar-refractivity contribution in [3.63, 3.8) is 0 Å². The van der Waals surface area contributed by atoms with Crippen LogP contribution in [0.4, 0.5) is 0 Å². The lowest BCUT2D eigenvalue weighted by molar-refractivity contribution is -0.132. The summed E-state index contributed by atoms with van der Waals surface area (Å²) in [7, 11) is 0. The predicted octanol–water partition coefficient (Wildman–Crippen LogP) is 3.47. The second-order valence-corrected chi connectivity index (χ2v) is 7.23. The first-order valence-electron chi connectivity index (χ1n) is 8.69. The Morgan fingerprint density at radius 2 is 1.83 bits per heavy atom. The van der Waals surface area contributed by atoms with Gasteiger partial charge in [-0.2, -0.15) is 0 Å². The zero-order valence-electron chi connectivity index (χ0n) is 14.1. The van der Waals surface area contributed by atoms with Gasteiger partial charge in [0.1, 0.15) is 0 Å². The first-order valence-corrected chi connectivity index (χ1v) is 8.69. The summed E-state index contributed by atoms with van der Waals surface area (Å²) < 4.78 is 0. The number of likely N-dealkylation sites (tertiary alicyclic amines) is 1. The fourth-order valence-electron chi connectivity index (χ4n) is 3.61. The van der Waals surface area contributed by atoms with Gasteiger partial charge in [-0.05, 0) is 56.9 Å². The van der Waals surface area contributed by atoms with E-state index in [1.165, 1.54) is 24.0 Å². The van der Waals surface area contributed by atoms with Crippen molar-refractivity contribution in [3.05, 3.63) is 35.4 Å². The molecule has 0 spiro atoms. The van der Waals surface area contributed by atoms with Crippen LogP contribution in [0.1, 0.15) is 49.7 Å². The molecule has 1 saturated heterocycles. The number of carbonyl (C=O) groups is 1. The molecule has 1 saturated carbocycles. The highest BCUT2D eigenvalue weighted by Crippen LogP contribution is 2.44. The molecular weight excluding hydrogens is 308 g/mol. The van der Waals surface area contributed by atoms with Crippen LogP contribution in [-0.2, 0) is 11.2 Å². The molecular formula is C19H29ClN2O. The number of rotatable bonds is 5. The zero-order chi connectivity index (χ0) is 15.6. The van der Waals surface area contributed by atoms with Crippen LogP contribution in [0.15, 0.2) is 24.3 Å². The molecule has 2 aliphatic rings. The molecule has 128 valence electrons. The topological polar surface area (TPSA) is 46.3 Å². The second kappa shape index (κ2) is 7.67. The van der Waals surface area contributed by atoms with E-state index in [1.54, 1.807) is 0 Å². The Morgan fingerprint density at radius 3 is 2.39 bits per heavy atom. The molecule has 2 fully saturated rings. The number of piperidine rings is 1. The van der Waals surface area contributed by atoms with E-state index in [9.17, 15) is 4.79 Å². The number of amides is 1. The molecule has 0 bridgehead atoms. The van der Waals surface area contributed by atoms with Crippen LogP contribution in [0.3, 0.4) is 0 Å². The van der Waals surface area contributed by atoms with Gasteiger partial charge in [-0.1, -0.05) is 29.8 Å². The van der Waals surface area contributed by atoms with Crippen molar-refractivity contribution in [1.29, 1.82) is 0 Å². The number of halogens is 1. The molecule has 1 amide bonds. The Hall–Kier alpha value is -1.06. The van der Waals surface area contributed by atoms with Crippen LogP contribution in [0, 0.1) is 12.8 Å². The van der Waals surface area contributed by atoms with Crippen LogP contribution < -0.4 is 5.73 Å². The van der Waals surface area contributed by atoms with Gasteiger partial charge in [0.2, 0.25) is 5.91 Å². The molecule has 1 aliphatic carbocycles. The van der Waals surface area contributed by atoms with Gasteiger partial charge in [-0.3, -0.25) is 4.79 Å². The van der Waals surface area contributed by atoms with E-state index in [1.807, 2.05) is 0 Å². The van der Waals surface area contributed by atoms with Crippen LogP contribution in [0.5, 0.6) is 0 Å². The Labute approximate surface area is 146 Å². The first kappa shape index (κ1) is 18.3. The van der Waals surface area contributed by atoms with E-state index in [2.05, 4.69) is 36.1 Å². The molecule has 23 heavy (non-hydrogen) atoms. The van der Waals surface area contributed by atoms with Crippen LogP contribution in [0.25, 0.3) is 0 Å². The van der Waals surface area contributed by atoms with E-state index in [4.69, 9.17) is 5.73 Å². The summed E-state index contributed by atoms with van der Waals surface area (Å²) in [5, 5.41) is 0. The van der Waals surface area contributed by atoms with Crippen molar-refractivity contribution in [1.82, 2.24) is 4.90 Å². The lowest BCUT2D eigenvalue weighted by atomic mass is 9.88. The summed E-state index contributed by atoms with van der Waals surface area (Å²) >= 11 is 0. The monoisotopic (exact) mass is 336 g/mol. The zero-order valence-corrected chi connectivity index (χ0v) is 14.9. The smallest absolute Gasteiger partial charge is 0.222 e. The van der Waals surface area contributed by atoms with Crippen molar-refractivity contribution in [2.75, 3.05) is 13.1 Å². The van der Waals surface area contributed by atoms with Crippen molar-refractivity contribution >= 4 is 18.3 Å². The van der Waals surface area contributed by atoms with Gasteiger partial charge in [-0.25, -0.2) is 0 Å². The number of benzene rings is 1. The minimum atomic E-state index is 0. The Morgan fingerprint density at radius 1 is 1.22 bits per heavy atom. The molecule has 1 aliphatic heterocycles. The maximum atomic E-state index is 12.3. The highest BCUT2D eigenvalue weighted by atomic mass is 35.5. The highest BCUT2D eigenvalue weighted by molar-refractivity contribution is 5.85. The molecule has 0 aromatic heterocycles. The summed E-state index contributed by atoms with van der Waals surface area (Å²) in [5.41, 5.74) is 9.04. The fraction of sp³-hybridized carbons (Fsp3) is 0.632. The quantitative estimate of drug-likeness (QED) is 0.894. The average molecular weight is 337 g/mol. The summed E-state index contributed by atoms with van der Waals surface area (Å²) in [6.45, 7) is 3.92. The lowest BCUT2D eigenvalue weighted by Gasteiger charge is -2.35. The molecule has 3 nitrogen and oxygen atoms in total. The summed E-state index contributed by atoms with van der Waals surface area (Å²) in [6, 6.07) is 8.62. The number of nitrogens with zero attached hydrogens (tertiary/aromatic N) is 1. The second-order valence-electron chi connectivity index (χ2n) is 7.23. The minimum Gasteiger partial charge on any atom is -0.343 e. The highest BCUT2D eigenvalue weighted by Gasteiger charge is 2.46. The van der Waals surface area contributed by atoms with E-state index in [-0.39, 0.29) is 17.9 Å². The maximum absolute atomic E-state index is 12.3. The lowest BCUT2D eigenvalue weighted by Crippen LogP contribution is -2.44. The van der Waals surface area contributed by atoms with Crippen LogP contribution >= 0.6 is 12.4 Å². The maximum Gasteiger partial charge on any atom is 0.222 e. The Balaban J connectivity index is 0.00000192. The third-order valence-corrected chi connectivity index (χ3v) is 5.46. The summed E-state index contributed by atoms with van der Waals surface area (Å²) in [5.74, 6) is 0.969.